The number of hydrogen-bond donors (Lipinski definition) is 1. The Bertz CT molecular complexity index is 405. The fourth-order valence-electron chi connectivity index (χ4n) is 2.63. The highest BCUT2D eigenvalue weighted by atomic mass is 35.5. The first-order valence-electron chi connectivity index (χ1n) is 6.70. The predicted molar refractivity (Wildman–Crippen MR) is 80.8 cm³/mol. The van der Waals surface area contributed by atoms with Gasteiger partial charge in [-0.15, -0.1) is 12.4 Å². The summed E-state index contributed by atoms with van der Waals surface area (Å²) in [4.78, 5) is 14.0. The van der Waals surface area contributed by atoms with Gasteiger partial charge >= 0.3 is 0 Å². The molecule has 106 valence electrons. The van der Waals surface area contributed by atoms with Crippen molar-refractivity contribution in [1.29, 1.82) is 0 Å². The van der Waals surface area contributed by atoms with Crippen molar-refractivity contribution >= 4 is 18.3 Å². The molecule has 1 atom stereocenters. The molecular weight excluding hydrogens is 260 g/mol. The van der Waals surface area contributed by atoms with E-state index in [-0.39, 0.29) is 18.3 Å². The van der Waals surface area contributed by atoms with Crippen LogP contribution in [-0.2, 0) is 11.2 Å². The number of rotatable bonds is 4. The van der Waals surface area contributed by atoms with E-state index in [0.29, 0.717) is 12.6 Å². The first-order valence-corrected chi connectivity index (χ1v) is 6.70. The number of hydrogen-bond acceptors (Lipinski definition) is 2. The van der Waals surface area contributed by atoms with Crippen molar-refractivity contribution in [3.05, 3.63) is 35.4 Å². The molecular formula is C15H23ClN2O. The number of halogens is 1. The molecule has 4 heteroatoms. The van der Waals surface area contributed by atoms with E-state index in [2.05, 4.69) is 36.5 Å². The molecule has 1 aromatic carbocycles. The van der Waals surface area contributed by atoms with Crippen LogP contribution in [0.15, 0.2) is 24.3 Å². The van der Waals surface area contributed by atoms with Crippen molar-refractivity contribution in [3.8, 4) is 0 Å². The number of nitrogens with one attached hydrogen (secondary N) is 1. The molecule has 1 fully saturated rings. The second kappa shape index (κ2) is 7.51. The molecule has 0 aliphatic carbocycles. The zero-order chi connectivity index (χ0) is 13.0. The van der Waals surface area contributed by atoms with Gasteiger partial charge in [0.25, 0.3) is 0 Å². The largest absolute Gasteiger partial charge is 0.338 e. The van der Waals surface area contributed by atoms with Crippen LogP contribution in [0, 0.1) is 6.92 Å². The van der Waals surface area contributed by atoms with Gasteiger partial charge in [0.1, 0.15) is 0 Å². The molecule has 1 N–H and O–H groups in total. The summed E-state index contributed by atoms with van der Waals surface area (Å²) in [5.41, 5.74) is 2.61. The minimum absolute atomic E-state index is 0. The van der Waals surface area contributed by atoms with Gasteiger partial charge in [0.05, 0.1) is 6.54 Å². The van der Waals surface area contributed by atoms with Crippen molar-refractivity contribution in [1.82, 2.24) is 10.2 Å². The minimum atomic E-state index is 0. The third-order valence-corrected chi connectivity index (χ3v) is 3.62. The van der Waals surface area contributed by atoms with Gasteiger partial charge in [-0.2, -0.15) is 0 Å². The first kappa shape index (κ1) is 16.0. The van der Waals surface area contributed by atoms with Crippen LogP contribution in [0.1, 0.15) is 24.0 Å². The summed E-state index contributed by atoms with van der Waals surface area (Å²) >= 11 is 0. The van der Waals surface area contributed by atoms with Gasteiger partial charge in [-0.05, 0) is 38.8 Å². The van der Waals surface area contributed by atoms with E-state index in [1.165, 1.54) is 11.1 Å². The standard InChI is InChI=1S/C15H22N2O.ClH/c1-12-5-7-13(8-6-12)10-14-4-3-9-17(14)15(18)11-16-2;/h5-8,14,16H,3-4,9-11H2,1-2H3;1H. The van der Waals surface area contributed by atoms with E-state index in [1.54, 1.807) is 0 Å². The van der Waals surface area contributed by atoms with E-state index in [0.717, 1.165) is 25.8 Å². The van der Waals surface area contributed by atoms with Gasteiger partial charge in [0.15, 0.2) is 0 Å². The molecule has 1 unspecified atom stereocenters. The SMILES string of the molecule is CNCC(=O)N1CCCC1Cc1ccc(C)cc1.Cl. The van der Waals surface area contributed by atoms with Gasteiger partial charge < -0.3 is 10.2 Å². The van der Waals surface area contributed by atoms with Gasteiger partial charge in [0, 0.05) is 12.6 Å². The van der Waals surface area contributed by atoms with E-state index < -0.39 is 0 Å². The van der Waals surface area contributed by atoms with Crippen molar-refractivity contribution in [3.63, 3.8) is 0 Å². The lowest BCUT2D eigenvalue weighted by Crippen LogP contribution is -2.41. The van der Waals surface area contributed by atoms with Crippen LogP contribution >= 0.6 is 12.4 Å². The number of likely N-dealkylation sites (tertiary alicyclic amines) is 1. The zero-order valence-electron chi connectivity index (χ0n) is 11.7. The Morgan fingerprint density at radius 3 is 2.68 bits per heavy atom. The number of benzene rings is 1. The fourth-order valence-corrected chi connectivity index (χ4v) is 2.63. The lowest BCUT2D eigenvalue weighted by atomic mass is 10.0. The maximum Gasteiger partial charge on any atom is 0.236 e. The summed E-state index contributed by atoms with van der Waals surface area (Å²) in [7, 11) is 1.82. The monoisotopic (exact) mass is 282 g/mol. The number of carbonyl (C=O) groups is 1. The molecule has 19 heavy (non-hydrogen) atoms. The summed E-state index contributed by atoms with van der Waals surface area (Å²) in [5.74, 6) is 0.229. The summed E-state index contributed by atoms with van der Waals surface area (Å²) in [6.45, 7) is 3.46. The maximum atomic E-state index is 12.0. The maximum absolute atomic E-state index is 12.0. The Labute approximate surface area is 121 Å². The average molecular weight is 283 g/mol. The fraction of sp³-hybridized carbons (Fsp3) is 0.533. The van der Waals surface area contributed by atoms with E-state index in [9.17, 15) is 4.79 Å². The van der Waals surface area contributed by atoms with E-state index in [1.807, 2.05) is 11.9 Å². The van der Waals surface area contributed by atoms with E-state index in [4.69, 9.17) is 0 Å². The molecule has 1 aliphatic heterocycles. The van der Waals surface area contributed by atoms with Crippen molar-refractivity contribution < 1.29 is 4.79 Å². The number of carbonyl (C=O) groups excluding carboxylic acids is 1. The highest BCUT2D eigenvalue weighted by Gasteiger charge is 2.27. The Morgan fingerprint density at radius 2 is 2.05 bits per heavy atom. The smallest absolute Gasteiger partial charge is 0.236 e. The zero-order valence-corrected chi connectivity index (χ0v) is 12.5. The predicted octanol–water partition coefficient (Wildman–Crippen LogP) is 2.17. The van der Waals surface area contributed by atoms with Crippen LogP contribution in [0.3, 0.4) is 0 Å². The Balaban J connectivity index is 0.00000180. The number of amides is 1. The summed E-state index contributed by atoms with van der Waals surface area (Å²) in [5, 5.41) is 2.95. The number of aryl methyl sites for hydroxylation is 1. The number of likely N-dealkylation sites (N-methyl/N-ethyl adjacent to an activating group) is 1. The topological polar surface area (TPSA) is 32.3 Å². The third kappa shape index (κ3) is 4.22. The molecule has 0 saturated carbocycles. The molecule has 1 saturated heterocycles. The van der Waals surface area contributed by atoms with Gasteiger partial charge in [0.2, 0.25) is 5.91 Å². The average Bonchev–Trinajstić information content (AvgIpc) is 2.81. The van der Waals surface area contributed by atoms with Crippen LogP contribution in [-0.4, -0.2) is 37.0 Å². The summed E-state index contributed by atoms with van der Waals surface area (Å²) in [6, 6.07) is 9.02. The Hall–Kier alpha value is -1.06. The van der Waals surface area contributed by atoms with Crippen LogP contribution in [0.5, 0.6) is 0 Å². The van der Waals surface area contributed by atoms with Crippen molar-refractivity contribution in [2.24, 2.45) is 0 Å². The van der Waals surface area contributed by atoms with Crippen molar-refractivity contribution in [2.45, 2.75) is 32.2 Å². The van der Waals surface area contributed by atoms with Crippen LogP contribution in [0.2, 0.25) is 0 Å². The van der Waals surface area contributed by atoms with Crippen LogP contribution < -0.4 is 5.32 Å². The van der Waals surface area contributed by atoms with Gasteiger partial charge in [-0.1, -0.05) is 29.8 Å². The lowest BCUT2D eigenvalue weighted by molar-refractivity contribution is -0.130. The molecule has 1 aromatic rings. The lowest BCUT2D eigenvalue weighted by Gasteiger charge is -2.24. The number of nitrogens with zero attached hydrogens (tertiary/aromatic N) is 1. The highest BCUT2D eigenvalue weighted by molar-refractivity contribution is 5.85. The van der Waals surface area contributed by atoms with Gasteiger partial charge in [-0.3, -0.25) is 4.79 Å². The molecule has 0 radical (unpaired) electrons. The molecule has 1 amide bonds. The first-order chi connectivity index (χ1) is 8.70. The molecule has 0 bridgehead atoms. The molecule has 3 nitrogen and oxygen atoms in total. The quantitative estimate of drug-likeness (QED) is 0.918. The molecule has 0 spiro atoms. The van der Waals surface area contributed by atoms with Crippen LogP contribution in [0.25, 0.3) is 0 Å². The third-order valence-electron chi connectivity index (χ3n) is 3.62. The molecule has 1 heterocycles. The van der Waals surface area contributed by atoms with E-state index >= 15 is 0 Å². The summed E-state index contributed by atoms with van der Waals surface area (Å²) in [6.07, 6.45) is 3.24. The minimum Gasteiger partial charge on any atom is -0.338 e. The Kier molecular flexibility index (Phi) is 6.32. The summed E-state index contributed by atoms with van der Waals surface area (Å²) < 4.78 is 0. The molecule has 1 aliphatic rings. The highest BCUT2D eigenvalue weighted by Crippen LogP contribution is 2.21. The Morgan fingerprint density at radius 1 is 1.37 bits per heavy atom. The second-order valence-electron chi connectivity index (χ2n) is 5.10. The molecule has 2 rings (SSSR count). The molecule has 0 aromatic heterocycles. The normalized spacial score (nSPS) is 18.2. The second-order valence-corrected chi connectivity index (χ2v) is 5.10. The van der Waals surface area contributed by atoms with Gasteiger partial charge in [-0.25, -0.2) is 0 Å². The van der Waals surface area contributed by atoms with Crippen LogP contribution in [0.4, 0.5) is 0 Å². The van der Waals surface area contributed by atoms with Crippen molar-refractivity contribution in [2.75, 3.05) is 20.1 Å².